The van der Waals surface area contributed by atoms with E-state index in [1.807, 2.05) is 30.5 Å². The Hall–Kier alpha value is -2.76. The predicted molar refractivity (Wildman–Crippen MR) is 119 cm³/mol. The number of nitrogens with zero attached hydrogens (tertiary/aromatic N) is 1. The highest BCUT2D eigenvalue weighted by molar-refractivity contribution is 7.98. The molecule has 3 aromatic carbocycles. The van der Waals surface area contributed by atoms with Crippen LogP contribution in [0.25, 0.3) is 5.57 Å². The van der Waals surface area contributed by atoms with Gasteiger partial charge in [-0.3, -0.25) is 4.79 Å². The maximum Gasteiger partial charge on any atom is 0.290 e. The number of rotatable bonds is 5. The summed E-state index contributed by atoms with van der Waals surface area (Å²) < 4.78 is 14.8. The predicted octanol–water partition coefficient (Wildman–Crippen LogP) is 6.25. The van der Waals surface area contributed by atoms with Crippen LogP contribution < -0.4 is 0 Å². The monoisotopic (exact) mass is 439 g/mol. The Morgan fingerprint density at radius 1 is 1.03 bits per heavy atom. The van der Waals surface area contributed by atoms with Gasteiger partial charge in [0.15, 0.2) is 5.76 Å². The maximum absolute atomic E-state index is 14.8. The SMILES string of the molecule is CSc1ccc(CN2C(=O)C(O)=C(c3ccc(Cl)cc3)[C@@H]2c2ccccc2F)cc1. The summed E-state index contributed by atoms with van der Waals surface area (Å²) in [5.41, 5.74) is 2.23. The second kappa shape index (κ2) is 8.54. The molecule has 0 bridgehead atoms. The molecule has 0 aliphatic carbocycles. The van der Waals surface area contributed by atoms with Crippen LogP contribution in [0.15, 0.2) is 83.5 Å². The lowest BCUT2D eigenvalue weighted by atomic mass is 9.93. The van der Waals surface area contributed by atoms with Crippen LogP contribution in [-0.2, 0) is 11.3 Å². The van der Waals surface area contributed by atoms with Crippen LogP contribution in [0.2, 0.25) is 5.02 Å². The lowest BCUT2D eigenvalue weighted by Crippen LogP contribution is -2.30. The molecule has 0 fully saturated rings. The third-order valence-corrected chi connectivity index (χ3v) is 6.17. The number of aliphatic hydroxyl groups is 1. The Bertz CT molecular complexity index is 1110. The van der Waals surface area contributed by atoms with Gasteiger partial charge in [0.05, 0.1) is 6.04 Å². The molecule has 0 saturated heterocycles. The Balaban J connectivity index is 1.80. The van der Waals surface area contributed by atoms with E-state index in [1.54, 1.807) is 54.2 Å². The van der Waals surface area contributed by atoms with Crippen LogP contribution in [0.5, 0.6) is 0 Å². The molecule has 0 unspecified atom stereocenters. The molecule has 6 heteroatoms. The molecule has 1 aliphatic heterocycles. The van der Waals surface area contributed by atoms with Crippen LogP contribution in [0.1, 0.15) is 22.7 Å². The molecule has 1 N–H and O–H groups in total. The number of carbonyl (C=O) groups excluding carboxylic acids is 1. The van der Waals surface area contributed by atoms with Gasteiger partial charge in [0.25, 0.3) is 5.91 Å². The highest BCUT2D eigenvalue weighted by atomic mass is 35.5. The lowest BCUT2D eigenvalue weighted by Gasteiger charge is -2.28. The molecule has 0 radical (unpaired) electrons. The zero-order chi connectivity index (χ0) is 21.3. The normalized spacial score (nSPS) is 16.4. The molecule has 152 valence electrons. The van der Waals surface area contributed by atoms with E-state index in [4.69, 9.17) is 11.6 Å². The summed E-state index contributed by atoms with van der Waals surface area (Å²) in [6.07, 6.45) is 1.99. The second-order valence-corrected chi connectivity index (χ2v) is 8.29. The average molecular weight is 440 g/mol. The fraction of sp³-hybridized carbons (Fsp3) is 0.125. The zero-order valence-electron chi connectivity index (χ0n) is 16.2. The largest absolute Gasteiger partial charge is 0.503 e. The Morgan fingerprint density at radius 3 is 2.33 bits per heavy atom. The third-order valence-electron chi connectivity index (χ3n) is 5.17. The van der Waals surface area contributed by atoms with E-state index in [0.29, 0.717) is 21.7 Å². The number of hydrogen-bond acceptors (Lipinski definition) is 3. The van der Waals surface area contributed by atoms with Crippen molar-refractivity contribution in [2.75, 3.05) is 6.26 Å². The summed E-state index contributed by atoms with van der Waals surface area (Å²) in [6.45, 7) is 0.244. The standard InChI is InChI=1S/C24H19ClFNO2S/c1-30-18-12-6-15(7-13-18)14-27-22(19-4-2-3-5-20(19)26)21(23(28)24(27)29)16-8-10-17(25)11-9-16/h2-13,22,28H,14H2,1H3/t22-/m0/s1. The first-order chi connectivity index (χ1) is 14.5. The molecular weight excluding hydrogens is 421 g/mol. The van der Waals surface area contributed by atoms with Crippen LogP contribution in [-0.4, -0.2) is 22.2 Å². The quantitative estimate of drug-likeness (QED) is 0.477. The molecule has 4 rings (SSSR count). The van der Waals surface area contributed by atoms with Crippen molar-refractivity contribution in [3.05, 3.63) is 106 Å². The number of aliphatic hydroxyl groups excluding tert-OH is 1. The van der Waals surface area contributed by atoms with E-state index in [-0.39, 0.29) is 12.3 Å². The molecule has 0 spiro atoms. The van der Waals surface area contributed by atoms with Crippen molar-refractivity contribution in [3.63, 3.8) is 0 Å². The van der Waals surface area contributed by atoms with Crippen molar-refractivity contribution in [3.8, 4) is 0 Å². The van der Waals surface area contributed by atoms with Gasteiger partial charge in [-0.25, -0.2) is 4.39 Å². The minimum Gasteiger partial charge on any atom is -0.503 e. The number of hydrogen-bond donors (Lipinski definition) is 1. The molecule has 0 saturated carbocycles. The van der Waals surface area contributed by atoms with Gasteiger partial charge in [0.1, 0.15) is 5.82 Å². The molecule has 1 aliphatic rings. The molecular formula is C24H19ClFNO2S. The van der Waals surface area contributed by atoms with Crippen LogP contribution in [0.4, 0.5) is 4.39 Å². The fourth-order valence-corrected chi connectivity index (χ4v) is 4.22. The lowest BCUT2D eigenvalue weighted by molar-refractivity contribution is -0.130. The number of carbonyl (C=O) groups is 1. The van der Waals surface area contributed by atoms with Crippen molar-refractivity contribution >= 4 is 34.8 Å². The first-order valence-corrected chi connectivity index (χ1v) is 11.0. The zero-order valence-corrected chi connectivity index (χ0v) is 17.8. The van der Waals surface area contributed by atoms with E-state index in [0.717, 1.165) is 10.5 Å². The van der Waals surface area contributed by atoms with Crippen molar-refractivity contribution in [1.29, 1.82) is 0 Å². The highest BCUT2D eigenvalue weighted by Gasteiger charge is 2.42. The van der Waals surface area contributed by atoms with Crippen molar-refractivity contribution in [1.82, 2.24) is 4.90 Å². The van der Waals surface area contributed by atoms with Crippen molar-refractivity contribution in [2.45, 2.75) is 17.5 Å². The minimum absolute atomic E-state index is 0.244. The average Bonchev–Trinajstić information content (AvgIpc) is 3.00. The summed E-state index contributed by atoms with van der Waals surface area (Å²) in [5, 5.41) is 11.3. The molecule has 1 amide bonds. The van der Waals surface area contributed by atoms with Gasteiger partial charge in [0, 0.05) is 27.6 Å². The highest BCUT2D eigenvalue weighted by Crippen LogP contribution is 2.44. The Morgan fingerprint density at radius 2 is 1.70 bits per heavy atom. The van der Waals surface area contributed by atoms with Gasteiger partial charge in [-0.2, -0.15) is 0 Å². The number of halogens is 2. The van der Waals surface area contributed by atoms with Gasteiger partial charge in [0.2, 0.25) is 0 Å². The van der Waals surface area contributed by atoms with Crippen molar-refractivity contribution in [2.24, 2.45) is 0 Å². The van der Waals surface area contributed by atoms with E-state index < -0.39 is 17.8 Å². The smallest absolute Gasteiger partial charge is 0.290 e. The van der Waals surface area contributed by atoms with Crippen LogP contribution in [0, 0.1) is 5.82 Å². The van der Waals surface area contributed by atoms with Crippen LogP contribution >= 0.6 is 23.4 Å². The van der Waals surface area contributed by atoms with E-state index in [2.05, 4.69) is 0 Å². The van der Waals surface area contributed by atoms with E-state index in [9.17, 15) is 14.3 Å². The summed E-state index contributed by atoms with van der Waals surface area (Å²) >= 11 is 7.64. The van der Waals surface area contributed by atoms with Gasteiger partial charge >= 0.3 is 0 Å². The van der Waals surface area contributed by atoms with E-state index in [1.165, 1.54) is 11.0 Å². The Kier molecular flexibility index (Phi) is 5.84. The topological polar surface area (TPSA) is 40.5 Å². The van der Waals surface area contributed by atoms with E-state index >= 15 is 0 Å². The number of benzene rings is 3. The molecule has 30 heavy (non-hydrogen) atoms. The summed E-state index contributed by atoms with van der Waals surface area (Å²) in [7, 11) is 0. The first-order valence-electron chi connectivity index (χ1n) is 9.37. The number of amides is 1. The van der Waals surface area contributed by atoms with Crippen LogP contribution in [0.3, 0.4) is 0 Å². The third kappa shape index (κ3) is 3.83. The fourth-order valence-electron chi connectivity index (χ4n) is 3.69. The molecule has 3 nitrogen and oxygen atoms in total. The molecule has 1 atom stereocenters. The van der Waals surface area contributed by atoms with Crippen molar-refractivity contribution < 1.29 is 14.3 Å². The maximum atomic E-state index is 14.8. The summed E-state index contributed by atoms with van der Waals surface area (Å²) in [6, 6.07) is 20.2. The molecule has 1 heterocycles. The molecule has 3 aromatic rings. The van der Waals surface area contributed by atoms with Gasteiger partial charge in [-0.15, -0.1) is 11.8 Å². The first kappa shape index (κ1) is 20.5. The number of thioether (sulfide) groups is 1. The van der Waals surface area contributed by atoms with Gasteiger partial charge in [-0.1, -0.05) is 54.1 Å². The second-order valence-electron chi connectivity index (χ2n) is 6.97. The van der Waals surface area contributed by atoms with Gasteiger partial charge < -0.3 is 10.0 Å². The van der Waals surface area contributed by atoms with Gasteiger partial charge in [-0.05, 0) is 47.7 Å². The summed E-state index contributed by atoms with van der Waals surface area (Å²) in [4.78, 5) is 15.7. The molecule has 0 aromatic heterocycles. The summed E-state index contributed by atoms with van der Waals surface area (Å²) in [5.74, 6) is -1.33. The minimum atomic E-state index is -0.750. The Labute approximate surface area is 183 Å².